The summed E-state index contributed by atoms with van der Waals surface area (Å²) in [6.45, 7) is 5.54. The van der Waals surface area contributed by atoms with E-state index in [0.717, 1.165) is 25.9 Å². The molecule has 1 heterocycles. The number of nitrogens with one attached hydrogen (secondary N) is 1. The van der Waals surface area contributed by atoms with Crippen molar-refractivity contribution in [1.29, 1.82) is 0 Å². The summed E-state index contributed by atoms with van der Waals surface area (Å²) in [5.41, 5.74) is 5.84. The van der Waals surface area contributed by atoms with Gasteiger partial charge in [-0.25, -0.2) is 0 Å². The summed E-state index contributed by atoms with van der Waals surface area (Å²) in [6.07, 6.45) is 3.91. The normalized spacial score (nSPS) is 22.4. The van der Waals surface area contributed by atoms with E-state index in [1.807, 2.05) is 0 Å². The van der Waals surface area contributed by atoms with Gasteiger partial charge in [0.1, 0.15) is 0 Å². The molecule has 1 amide bonds. The van der Waals surface area contributed by atoms with Crippen LogP contribution in [0.5, 0.6) is 0 Å². The number of amides is 1. The number of hydrogen-bond acceptors (Lipinski definition) is 3. The zero-order valence-electron chi connectivity index (χ0n) is 10.4. The van der Waals surface area contributed by atoms with Gasteiger partial charge >= 0.3 is 0 Å². The second-order valence-electron chi connectivity index (χ2n) is 4.89. The molecule has 16 heavy (non-hydrogen) atoms. The zero-order valence-corrected chi connectivity index (χ0v) is 10.4. The predicted molar refractivity (Wildman–Crippen MR) is 64.0 cm³/mol. The van der Waals surface area contributed by atoms with Crippen molar-refractivity contribution < 1.29 is 9.53 Å². The molecular formula is C12H24N2O2. The Bertz CT molecular complexity index is 205. The van der Waals surface area contributed by atoms with Crippen LogP contribution in [-0.4, -0.2) is 31.2 Å². The Morgan fingerprint density at radius 2 is 2.31 bits per heavy atom. The Kier molecular flexibility index (Phi) is 5.77. The van der Waals surface area contributed by atoms with Crippen molar-refractivity contribution in [1.82, 2.24) is 5.32 Å². The molecule has 1 rings (SSSR count). The first-order valence-electron chi connectivity index (χ1n) is 6.23. The molecule has 3 N–H and O–H groups in total. The van der Waals surface area contributed by atoms with Gasteiger partial charge in [0.25, 0.3) is 0 Å². The van der Waals surface area contributed by atoms with Crippen LogP contribution in [0.25, 0.3) is 0 Å². The van der Waals surface area contributed by atoms with Crippen molar-refractivity contribution >= 4 is 5.91 Å². The number of rotatable bonds is 6. The maximum Gasteiger partial charge on any atom is 0.220 e. The molecule has 2 atom stereocenters. The molecule has 2 unspecified atom stereocenters. The lowest BCUT2D eigenvalue weighted by atomic mass is 10.1. The topological polar surface area (TPSA) is 64.3 Å². The third kappa shape index (κ3) is 4.94. The van der Waals surface area contributed by atoms with Gasteiger partial charge in [0.05, 0.1) is 6.10 Å². The molecule has 0 aromatic carbocycles. The SMILES string of the molecule is CC(C)C(N)CNC(=O)CCC1CCCO1. The smallest absolute Gasteiger partial charge is 0.220 e. The molecule has 4 heteroatoms. The molecule has 1 aliphatic rings. The van der Waals surface area contributed by atoms with Gasteiger partial charge in [-0.3, -0.25) is 4.79 Å². The van der Waals surface area contributed by atoms with Crippen LogP contribution in [0, 0.1) is 5.92 Å². The van der Waals surface area contributed by atoms with E-state index in [1.54, 1.807) is 0 Å². The van der Waals surface area contributed by atoms with Crippen molar-refractivity contribution in [2.75, 3.05) is 13.2 Å². The highest BCUT2D eigenvalue weighted by atomic mass is 16.5. The fraction of sp³-hybridized carbons (Fsp3) is 0.917. The first kappa shape index (κ1) is 13.5. The summed E-state index contributed by atoms with van der Waals surface area (Å²) in [5.74, 6) is 0.491. The summed E-state index contributed by atoms with van der Waals surface area (Å²) in [5, 5.41) is 2.87. The number of carbonyl (C=O) groups excluding carboxylic acids is 1. The minimum Gasteiger partial charge on any atom is -0.378 e. The fourth-order valence-corrected chi connectivity index (χ4v) is 1.72. The van der Waals surface area contributed by atoms with Crippen LogP contribution in [0.2, 0.25) is 0 Å². The molecule has 0 radical (unpaired) electrons. The molecule has 0 spiro atoms. The quantitative estimate of drug-likeness (QED) is 0.714. The van der Waals surface area contributed by atoms with Crippen molar-refractivity contribution in [3.8, 4) is 0 Å². The van der Waals surface area contributed by atoms with Gasteiger partial charge in [0.15, 0.2) is 0 Å². The van der Waals surface area contributed by atoms with Crippen LogP contribution >= 0.6 is 0 Å². The van der Waals surface area contributed by atoms with Crippen molar-refractivity contribution in [3.05, 3.63) is 0 Å². The van der Waals surface area contributed by atoms with Gasteiger partial charge < -0.3 is 15.8 Å². The van der Waals surface area contributed by atoms with Gasteiger partial charge in [-0.2, -0.15) is 0 Å². The molecule has 0 aromatic heterocycles. The van der Waals surface area contributed by atoms with E-state index in [4.69, 9.17) is 10.5 Å². The average molecular weight is 228 g/mol. The number of ether oxygens (including phenoxy) is 1. The van der Waals surface area contributed by atoms with Crippen molar-refractivity contribution in [2.24, 2.45) is 11.7 Å². The van der Waals surface area contributed by atoms with E-state index >= 15 is 0 Å². The Hall–Kier alpha value is -0.610. The molecule has 0 saturated carbocycles. The summed E-state index contributed by atoms with van der Waals surface area (Å²) in [7, 11) is 0. The summed E-state index contributed by atoms with van der Waals surface area (Å²) >= 11 is 0. The third-order valence-electron chi connectivity index (χ3n) is 3.11. The highest BCUT2D eigenvalue weighted by Crippen LogP contribution is 2.16. The molecule has 1 aliphatic heterocycles. The second-order valence-corrected chi connectivity index (χ2v) is 4.89. The molecule has 4 nitrogen and oxygen atoms in total. The largest absolute Gasteiger partial charge is 0.378 e. The fourth-order valence-electron chi connectivity index (χ4n) is 1.72. The van der Waals surface area contributed by atoms with Gasteiger partial charge in [-0.05, 0) is 25.2 Å². The first-order chi connectivity index (χ1) is 7.59. The van der Waals surface area contributed by atoms with E-state index in [0.29, 0.717) is 25.0 Å². The van der Waals surface area contributed by atoms with E-state index in [9.17, 15) is 4.79 Å². The van der Waals surface area contributed by atoms with Gasteiger partial charge in [0.2, 0.25) is 5.91 Å². The Morgan fingerprint density at radius 3 is 2.88 bits per heavy atom. The van der Waals surface area contributed by atoms with Gasteiger partial charge in [-0.1, -0.05) is 13.8 Å². The standard InChI is InChI=1S/C12H24N2O2/c1-9(2)11(13)8-14-12(15)6-5-10-4-3-7-16-10/h9-11H,3-8,13H2,1-2H3,(H,14,15). The third-order valence-corrected chi connectivity index (χ3v) is 3.11. The van der Waals surface area contributed by atoms with Gasteiger partial charge in [-0.15, -0.1) is 0 Å². The second kappa shape index (κ2) is 6.86. The van der Waals surface area contributed by atoms with E-state index in [-0.39, 0.29) is 11.9 Å². The monoisotopic (exact) mass is 228 g/mol. The first-order valence-corrected chi connectivity index (χ1v) is 6.23. The molecular weight excluding hydrogens is 204 g/mol. The molecule has 1 fully saturated rings. The maximum absolute atomic E-state index is 11.5. The van der Waals surface area contributed by atoms with Crippen LogP contribution in [0.1, 0.15) is 39.5 Å². The van der Waals surface area contributed by atoms with E-state index in [1.165, 1.54) is 0 Å². The zero-order chi connectivity index (χ0) is 12.0. The maximum atomic E-state index is 11.5. The van der Waals surface area contributed by atoms with Crippen LogP contribution < -0.4 is 11.1 Å². The summed E-state index contributed by atoms with van der Waals surface area (Å²) in [6, 6.07) is 0.0479. The minimum absolute atomic E-state index is 0.0479. The van der Waals surface area contributed by atoms with Gasteiger partial charge in [0, 0.05) is 25.6 Å². The van der Waals surface area contributed by atoms with E-state index < -0.39 is 0 Å². The molecule has 0 bridgehead atoms. The predicted octanol–water partition coefficient (Wildman–Crippen LogP) is 1.05. The lowest BCUT2D eigenvalue weighted by Crippen LogP contribution is -2.40. The Labute approximate surface area is 97.9 Å². The minimum atomic E-state index is 0.0479. The van der Waals surface area contributed by atoms with Crippen LogP contribution in [-0.2, 0) is 9.53 Å². The van der Waals surface area contributed by atoms with E-state index in [2.05, 4.69) is 19.2 Å². The average Bonchev–Trinajstić information content (AvgIpc) is 2.75. The highest BCUT2D eigenvalue weighted by molar-refractivity contribution is 5.75. The van der Waals surface area contributed by atoms with Crippen molar-refractivity contribution in [3.63, 3.8) is 0 Å². The highest BCUT2D eigenvalue weighted by Gasteiger charge is 2.17. The summed E-state index contributed by atoms with van der Waals surface area (Å²) in [4.78, 5) is 11.5. The number of carbonyl (C=O) groups is 1. The van der Waals surface area contributed by atoms with Crippen LogP contribution in [0.3, 0.4) is 0 Å². The number of hydrogen-bond donors (Lipinski definition) is 2. The molecule has 0 aliphatic carbocycles. The lowest BCUT2D eigenvalue weighted by Gasteiger charge is -2.16. The number of nitrogens with two attached hydrogens (primary N) is 1. The Morgan fingerprint density at radius 1 is 1.56 bits per heavy atom. The molecule has 1 saturated heterocycles. The van der Waals surface area contributed by atoms with Crippen LogP contribution in [0.15, 0.2) is 0 Å². The van der Waals surface area contributed by atoms with Crippen LogP contribution in [0.4, 0.5) is 0 Å². The Balaban J connectivity index is 2.06. The summed E-state index contributed by atoms with van der Waals surface area (Å²) < 4.78 is 5.46. The lowest BCUT2D eigenvalue weighted by molar-refractivity contribution is -0.121. The molecule has 94 valence electrons. The van der Waals surface area contributed by atoms with Crippen molar-refractivity contribution in [2.45, 2.75) is 51.7 Å². The molecule has 0 aromatic rings.